The van der Waals surface area contributed by atoms with Crippen molar-refractivity contribution >= 4 is 69.3 Å². The van der Waals surface area contributed by atoms with Gasteiger partial charge >= 0.3 is 6.03 Å². The van der Waals surface area contributed by atoms with E-state index in [1.54, 1.807) is 30.3 Å². The van der Waals surface area contributed by atoms with E-state index in [4.69, 9.17) is 27.9 Å². The van der Waals surface area contributed by atoms with E-state index in [1.807, 2.05) is 37.3 Å². The molecular weight excluding hydrogens is 555 g/mol. The summed E-state index contributed by atoms with van der Waals surface area (Å²) in [4.78, 5) is 46.4. The summed E-state index contributed by atoms with van der Waals surface area (Å²) in [5.41, 5.74) is 2.48. The lowest BCUT2D eigenvalue weighted by Gasteiger charge is -2.21. The number of nitrogens with zero attached hydrogens (tertiary/aromatic N) is 3. The number of urea groups is 1. The lowest BCUT2D eigenvalue weighted by molar-refractivity contribution is -0.117. The van der Waals surface area contributed by atoms with Crippen LogP contribution in [0.15, 0.2) is 60.7 Å². The van der Waals surface area contributed by atoms with Crippen molar-refractivity contribution in [1.82, 2.24) is 15.3 Å². The molecule has 0 aliphatic rings. The Morgan fingerprint density at radius 2 is 1.65 bits per heavy atom. The molecule has 0 fully saturated rings. The van der Waals surface area contributed by atoms with Crippen molar-refractivity contribution in [2.75, 3.05) is 29.1 Å². The molecule has 2 aromatic carbocycles. The number of halogens is 2. The molecule has 206 valence electrons. The maximum Gasteiger partial charge on any atom is 0.320 e. The zero-order valence-corrected chi connectivity index (χ0v) is 23.4. The van der Waals surface area contributed by atoms with Crippen LogP contribution in [0.4, 0.5) is 22.1 Å². The highest BCUT2D eigenvalue weighted by Crippen LogP contribution is 2.35. The lowest BCUT2D eigenvalue weighted by atomic mass is 10.1. The first-order valence-electron chi connectivity index (χ1n) is 12.1. The molecule has 4 amide bonds. The fraction of sp³-hybridized carbons (Fsp3) is 0.179. The molecular formula is C28H26Cl2N6O4. The zero-order chi connectivity index (χ0) is 28.8. The molecule has 2 aromatic heterocycles. The molecule has 0 radical (unpaired) electrons. The fourth-order valence-electron chi connectivity index (χ4n) is 3.78. The van der Waals surface area contributed by atoms with E-state index in [0.29, 0.717) is 22.0 Å². The fourth-order valence-corrected chi connectivity index (χ4v) is 4.39. The number of amides is 4. The molecule has 0 atom stereocenters. The van der Waals surface area contributed by atoms with Gasteiger partial charge in [0.15, 0.2) is 0 Å². The second-order valence-electron chi connectivity index (χ2n) is 8.78. The van der Waals surface area contributed by atoms with Gasteiger partial charge in [0.05, 0.1) is 17.3 Å². The van der Waals surface area contributed by atoms with Gasteiger partial charge in [0, 0.05) is 35.6 Å². The van der Waals surface area contributed by atoms with Crippen molar-refractivity contribution in [1.29, 1.82) is 0 Å². The van der Waals surface area contributed by atoms with E-state index in [2.05, 4.69) is 25.9 Å². The van der Waals surface area contributed by atoms with Gasteiger partial charge in [-0.25, -0.2) is 14.8 Å². The van der Waals surface area contributed by atoms with Crippen molar-refractivity contribution in [3.05, 3.63) is 82.0 Å². The summed E-state index contributed by atoms with van der Waals surface area (Å²) in [5, 5.41) is 9.09. The molecule has 0 saturated heterocycles. The average Bonchev–Trinajstić information content (AvgIpc) is 2.91. The van der Waals surface area contributed by atoms with Crippen molar-refractivity contribution in [3.63, 3.8) is 0 Å². The first-order valence-corrected chi connectivity index (χ1v) is 12.9. The van der Waals surface area contributed by atoms with E-state index < -0.39 is 11.9 Å². The molecule has 0 aliphatic heterocycles. The third-order valence-corrected chi connectivity index (χ3v) is 6.57. The van der Waals surface area contributed by atoms with Gasteiger partial charge < -0.3 is 20.3 Å². The molecule has 0 spiro atoms. The number of hydrogen-bond donors (Lipinski definition) is 3. The normalized spacial score (nSPS) is 10.6. The smallest absolute Gasteiger partial charge is 0.320 e. The topological polar surface area (TPSA) is 126 Å². The van der Waals surface area contributed by atoms with Gasteiger partial charge in [-0.2, -0.15) is 0 Å². The first kappa shape index (κ1) is 28.6. The van der Waals surface area contributed by atoms with Gasteiger partial charge in [-0.15, -0.1) is 0 Å². The number of aryl methyl sites for hydroxylation is 1. The number of carbonyl (C=O) groups excluding carboxylic acids is 3. The average molecular weight is 581 g/mol. The monoisotopic (exact) mass is 580 g/mol. The van der Waals surface area contributed by atoms with Gasteiger partial charge in [-0.1, -0.05) is 47.5 Å². The second kappa shape index (κ2) is 12.6. The Morgan fingerprint density at radius 3 is 2.40 bits per heavy atom. The van der Waals surface area contributed by atoms with Gasteiger partial charge in [-0.3, -0.25) is 14.9 Å². The van der Waals surface area contributed by atoms with Gasteiger partial charge in [0.1, 0.15) is 29.5 Å². The van der Waals surface area contributed by atoms with Gasteiger partial charge in [-0.05, 0) is 43.3 Å². The third kappa shape index (κ3) is 6.96. The van der Waals surface area contributed by atoms with Crippen molar-refractivity contribution in [2.45, 2.75) is 20.5 Å². The molecule has 0 saturated carbocycles. The Balaban J connectivity index is 1.40. The Kier molecular flexibility index (Phi) is 9.03. The molecule has 3 N–H and O–H groups in total. The number of likely N-dealkylation sites (N-methyl/N-ethyl adjacent to an activating group) is 1. The van der Waals surface area contributed by atoms with Crippen LogP contribution < -0.4 is 25.6 Å². The van der Waals surface area contributed by atoms with Crippen LogP contribution in [0.2, 0.25) is 10.0 Å². The number of anilines is 3. The highest BCUT2D eigenvalue weighted by Gasteiger charge is 2.20. The number of para-hydroxylation sites is 1. The van der Waals surface area contributed by atoms with E-state index >= 15 is 0 Å². The Labute approximate surface area is 240 Å². The molecule has 40 heavy (non-hydrogen) atoms. The quantitative estimate of drug-likeness (QED) is 0.250. The van der Waals surface area contributed by atoms with Crippen LogP contribution >= 0.6 is 23.2 Å². The zero-order valence-electron chi connectivity index (χ0n) is 21.9. The number of fused-ring (bicyclic) bond motifs is 1. The minimum absolute atomic E-state index is 0.0491. The number of aromatic nitrogens is 2. The van der Waals surface area contributed by atoms with E-state index in [1.165, 1.54) is 18.9 Å². The SMILES string of the molecule is CC(=O)Nc1cccc(NC(=O)NCC(=O)N(C)c2ccc(Cl)c(COc3cccc4ccc(C)nc34)c2Cl)n1. The van der Waals surface area contributed by atoms with Crippen molar-refractivity contribution in [2.24, 2.45) is 0 Å². The number of nitrogens with one attached hydrogen (secondary N) is 3. The standard InChI is InChI=1S/C28H26Cl2N6O4/c1-16-10-11-18-6-4-7-22(27(18)32-16)40-15-19-20(29)12-13-21(26(19)30)36(3)25(38)14-31-28(39)35-24-9-5-8-23(34-24)33-17(2)37/h4-13H,14-15H2,1-3H3,(H3,31,33,34,35,37,39). The molecule has 0 unspecified atom stereocenters. The van der Waals surface area contributed by atoms with E-state index in [-0.39, 0.29) is 35.7 Å². The molecule has 0 aliphatic carbocycles. The number of rotatable bonds is 8. The van der Waals surface area contributed by atoms with Crippen LogP contribution in [0.1, 0.15) is 18.2 Å². The Morgan fingerprint density at radius 1 is 0.925 bits per heavy atom. The van der Waals surface area contributed by atoms with Crippen LogP contribution in [0.3, 0.4) is 0 Å². The molecule has 4 aromatic rings. The first-order chi connectivity index (χ1) is 19.1. The minimum atomic E-state index is -0.649. The number of carbonyl (C=O) groups is 3. The number of pyridine rings is 2. The van der Waals surface area contributed by atoms with Crippen LogP contribution in [0.5, 0.6) is 5.75 Å². The predicted octanol–water partition coefficient (Wildman–Crippen LogP) is 5.57. The highest BCUT2D eigenvalue weighted by molar-refractivity contribution is 6.38. The summed E-state index contributed by atoms with van der Waals surface area (Å²) >= 11 is 13.1. The maximum absolute atomic E-state index is 12.9. The summed E-state index contributed by atoms with van der Waals surface area (Å²) in [5.74, 6) is 0.339. The van der Waals surface area contributed by atoms with Crippen molar-refractivity contribution < 1.29 is 19.1 Å². The second-order valence-corrected chi connectivity index (χ2v) is 9.56. The third-order valence-electron chi connectivity index (χ3n) is 5.79. The molecule has 10 nitrogen and oxygen atoms in total. The summed E-state index contributed by atoms with van der Waals surface area (Å²) in [6.07, 6.45) is 0. The largest absolute Gasteiger partial charge is 0.487 e. The molecule has 2 heterocycles. The number of hydrogen-bond acceptors (Lipinski definition) is 6. The number of benzene rings is 2. The molecule has 0 bridgehead atoms. The van der Waals surface area contributed by atoms with Crippen molar-refractivity contribution in [3.8, 4) is 5.75 Å². The maximum atomic E-state index is 12.9. The van der Waals surface area contributed by atoms with E-state index in [9.17, 15) is 14.4 Å². The summed E-state index contributed by atoms with van der Waals surface area (Å²) in [6.45, 7) is 2.98. The summed E-state index contributed by atoms with van der Waals surface area (Å²) in [7, 11) is 1.54. The summed E-state index contributed by atoms with van der Waals surface area (Å²) < 4.78 is 6.05. The summed E-state index contributed by atoms with van der Waals surface area (Å²) in [6, 6.07) is 16.9. The predicted molar refractivity (Wildman–Crippen MR) is 156 cm³/mol. The van der Waals surface area contributed by atoms with Crippen LogP contribution in [0.25, 0.3) is 10.9 Å². The van der Waals surface area contributed by atoms with Gasteiger partial charge in [0.25, 0.3) is 0 Å². The minimum Gasteiger partial charge on any atom is -0.487 e. The van der Waals surface area contributed by atoms with Gasteiger partial charge in [0.2, 0.25) is 11.8 Å². The lowest BCUT2D eigenvalue weighted by Crippen LogP contribution is -2.40. The highest BCUT2D eigenvalue weighted by atomic mass is 35.5. The van der Waals surface area contributed by atoms with Crippen LogP contribution in [0, 0.1) is 6.92 Å². The van der Waals surface area contributed by atoms with E-state index in [0.717, 1.165) is 16.6 Å². The van der Waals surface area contributed by atoms with Crippen LogP contribution in [-0.2, 0) is 16.2 Å². The Bertz CT molecular complexity index is 1600. The Hall–Kier alpha value is -4.41. The van der Waals surface area contributed by atoms with Crippen LogP contribution in [-0.4, -0.2) is 41.4 Å². The molecule has 12 heteroatoms. The molecule has 4 rings (SSSR count). The number of ether oxygens (including phenoxy) is 1.